The summed E-state index contributed by atoms with van der Waals surface area (Å²) in [4.78, 5) is 24.9. The van der Waals surface area contributed by atoms with Crippen LogP contribution in [0.5, 0.6) is 0 Å². The van der Waals surface area contributed by atoms with E-state index in [-0.39, 0.29) is 11.9 Å². The van der Waals surface area contributed by atoms with Crippen molar-refractivity contribution in [3.63, 3.8) is 0 Å². The summed E-state index contributed by atoms with van der Waals surface area (Å²) in [6, 6.07) is 7.03. The molecule has 0 bridgehead atoms. The Morgan fingerprint density at radius 3 is 2.55 bits per heavy atom. The molecule has 2 N–H and O–H groups in total. The van der Waals surface area contributed by atoms with Crippen molar-refractivity contribution >= 4 is 11.9 Å². The highest BCUT2D eigenvalue weighted by Crippen LogP contribution is 2.20. The van der Waals surface area contributed by atoms with E-state index in [0.717, 1.165) is 19.5 Å². The van der Waals surface area contributed by atoms with Crippen molar-refractivity contribution in [1.82, 2.24) is 10.2 Å². The second-order valence-corrected chi connectivity index (χ2v) is 5.23. The van der Waals surface area contributed by atoms with Gasteiger partial charge in [-0.1, -0.05) is 24.3 Å². The molecule has 1 aromatic carbocycles. The number of carbonyl (C=O) groups excluding carboxylic acids is 1. The molecule has 0 aromatic heterocycles. The molecule has 1 amide bonds. The number of fused-ring (bicyclic) bond motifs is 1. The minimum atomic E-state index is -1.02. The Labute approximate surface area is 118 Å². The predicted molar refractivity (Wildman–Crippen MR) is 75.3 cm³/mol. The van der Waals surface area contributed by atoms with Gasteiger partial charge < -0.3 is 10.4 Å². The molecule has 2 atom stereocenters. The van der Waals surface area contributed by atoms with Crippen molar-refractivity contribution in [3.05, 3.63) is 35.4 Å². The van der Waals surface area contributed by atoms with Gasteiger partial charge >= 0.3 is 5.97 Å². The molecule has 5 nitrogen and oxygen atoms in total. The van der Waals surface area contributed by atoms with Gasteiger partial charge in [0.2, 0.25) is 5.91 Å². The van der Waals surface area contributed by atoms with E-state index in [0.29, 0.717) is 0 Å². The van der Waals surface area contributed by atoms with Crippen LogP contribution in [0.4, 0.5) is 0 Å². The van der Waals surface area contributed by atoms with Crippen LogP contribution in [0.3, 0.4) is 0 Å². The number of rotatable bonds is 4. The summed E-state index contributed by atoms with van der Waals surface area (Å²) in [5, 5.41) is 11.3. The number of amides is 1. The molecule has 1 unspecified atom stereocenters. The van der Waals surface area contributed by atoms with Crippen molar-refractivity contribution in [2.24, 2.45) is 0 Å². The molecular weight excluding hydrogens is 256 g/mol. The molecule has 0 saturated heterocycles. The van der Waals surface area contributed by atoms with E-state index in [1.165, 1.54) is 18.1 Å². The lowest BCUT2D eigenvalue weighted by Gasteiger charge is -2.33. The van der Waals surface area contributed by atoms with E-state index < -0.39 is 12.0 Å². The molecule has 5 heteroatoms. The quantitative estimate of drug-likeness (QED) is 0.861. The van der Waals surface area contributed by atoms with Crippen LogP contribution in [-0.4, -0.2) is 40.5 Å². The summed E-state index contributed by atoms with van der Waals surface area (Å²) in [6.07, 6.45) is 0.919. The fourth-order valence-corrected chi connectivity index (χ4v) is 2.41. The van der Waals surface area contributed by atoms with Gasteiger partial charge in [-0.3, -0.25) is 14.5 Å². The minimum absolute atomic E-state index is 0.237. The number of hydrogen-bond acceptors (Lipinski definition) is 3. The Morgan fingerprint density at radius 2 is 1.90 bits per heavy atom. The molecule has 0 saturated carbocycles. The van der Waals surface area contributed by atoms with E-state index >= 15 is 0 Å². The summed E-state index contributed by atoms with van der Waals surface area (Å²) < 4.78 is 0. The molecule has 2 rings (SSSR count). The topological polar surface area (TPSA) is 69.6 Å². The molecule has 1 heterocycles. The van der Waals surface area contributed by atoms with Crippen LogP contribution in [0.25, 0.3) is 0 Å². The van der Waals surface area contributed by atoms with Crippen molar-refractivity contribution in [3.8, 4) is 0 Å². The van der Waals surface area contributed by atoms with Crippen LogP contribution in [0.15, 0.2) is 24.3 Å². The van der Waals surface area contributed by atoms with Crippen molar-refractivity contribution in [2.75, 3.05) is 6.54 Å². The van der Waals surface area contributed by atoms with Crippen LogP contribution < -0.4 is 5.32 Å². The average molecular weight is 276 g/mol. The highest BCUT2D eigenvalue weighted by atomic mass is 16.4. The molecule has 0 aliphatic carbocycles. The highest BCUT2D eigenvalue weighted by Gasteiger charge is 2.26. The van der Waals surface area contributed by atoms with Crippen LogP contribution in [0.2, 0.25) is 0 Å². The Bertz CT molecular complexity index is 516. The SMILES string of the molecule is CC(C(=O)N[C@@H](C)C(=O)O)N1CCc2ccccc2C1. The van der Waals surface area contributed by atoms with E-state index in [9.17, 15) is 9.59 Å². The summed E-state index contributed by atoms with van der Waals surface area (Å²) in [5.41, 5.74) is 2.57. The smallest absolute Gasteiger partial charge is 0.325 e. The lowest BCUT2D eigenvalue weighted by Crippen LogP contribution is -2.50. The first-order chi connectivity index (χ1) is 9.49. The maximum atomic E-state index is 12.1. The third-order valence-corrected chi connectivity index (χ3v) is 3.82. The molecule has 0 radical (unpaired) electrons. The first-order valence-electron chi connectivity index (χ1n) is 6.83. The zero-order valence-electron chi connectivity index (χ0n) is 11.8. The first-order valence-corrected chi connectivity index (χ1v) is 6.83. The summed E-state index contributed by atoms with van der Waals surface area (Å²) in [6.45, 7) is 4.83. The first kappa shape index (κ1) is 14.5. The lowest BCUT2D eigenvalue weighted by atomic mass is 9.98. The predicted octanol–water partition coefficient (Wildman–Crippen LogP) is 1.02. The fraction of sp³-hybridized carbons (Fsp3) is 0.467. The number of aliphatic carboxylic acids is 1. The lowest BCUT2D eigenvalue weighted by molar-refractivity contribution is -0.142. The van der Waals surface area contributed by atoms with Crippen molar-refractivity contribution in [1.29, 1.82) is 0 Å². The van der Waals surface area contributed by atoms with Gasteiger partial charge in [-0.05, 0) is 31.4 Å². The molecule has 1 aromatic rings. The van der Waals surface area contributed by atoms with Gasteiger partial charge in [0.15, 0.2) is 0 Å². The van der Waals surface area contributed by atoms with Crippen LogP contribution in [0.1, 0.15) is 25.0 Å². The number of hydrogen-bond donors (Lipinski definition) is 2. The standard InChI is InChI=1S/C15H20N2O3/c1-10(15(19)20)16-14(18)11(2)17-8-7-12-5-3-4-6-13(12)9-17/h3-6,10-11H,7-9H2,1-2H3,(H,16,18)(H,19,20)/t10-,11?/m0/s1. The van der Waals surface area contributed by atoms with Gasteiger partial charge in [-0.2, -0.15) is 0 Å². The maximum absolute atomic E-state index is 12.1. The molecule has 108 valence electrons. The van der Waals surface area contributed by atoms with Gasteiger partial charge in [-0.25, -0.2) is 0 Å². The Hall–Kier alpha value is -1.88. The number of nitrogens with one attached hydrogen (secondary N) is 1. The number of carboxylic acid groups (broad SMARTS) is 1. The molecular formula is C15H20N2O3. The third-order valence-electron chi connectivity index (χ3n) is 3.82. The second kappa shape index (κ2) is 6.05. The highest BCUT2D eigenvalue weighted by molar-refractivity contribution is 5.86. The Kier molecular flexibility index (Phi) is 4.39. The van der Waals surface area contributed by atoms with Gasteiger partial charge in [-0.15, -0.1) is 0 Å². The van der Waals surface area contributed by atoms with E-state index in [1.807, 2.05) is 19.1 Å². The van der Waals surface area contributed by atoms with Crippen molar-refractivity contribution < 1.29 is 14.7 Å². The van der Waals surface area contributed by atoms with E-state index in [4.69, 9.17) is 5.11 Å². The zero-order chi connectivity index (χ0) is 14.7. The molecule has 0 fully saturated rings. The molecule has 20 heavy (non-hydrogen) atoms. The average Bonchev–Trinajstić information content (AvgIpc) is 2.45. The Morgan fingerprint density at radius 1 is 1.25 bits per heavy atom. The van der Waals surface area contributed by atoms with Gasteiger partial charge in [0.1, 0.15) is 6.04 Å². The van der Waals surface area contributed by atoms with Crippen molar-refractivity contribution in [2.45, 2.75) is 38.9 Å². The monoisotopic (exact) mass is 276 g/mol. The number of benzene rings is 1. The summed E-state index contributed by atoms with van der Waals surface area (Å²) in [5.74, 6) is -1.26. The maximum Gasteiger partial charge on any atom is 0.325 e. The van der Waals surface area contributed by atoms with Crippen LogP contribution in [-0.2, 0) is 22.6 Å². The molecule has 0 spiro atoms. The molecule has 1 aliphatic heterocycles. The van der Waals surface area contributed by atoms with Gasteiger partial charge in [0.25, 0.3) is 0 Å². The minimum Gasteiger partial charge on any atom is -0.480 e. The number of carboxylic acids is 1. The van der Waals surface area contributed by atoms with E-state index in [1.54, 1.807) is 0 Å². The zero-order valence-corrected chi connectivity index (χ0v) is 11.8. The number of carbonyl (C=O) groups is 2. The number of nitrogens with zero attached hydrogens (tertiary/aromatic N) is 1. The van der Waals surface area contributed by atoms with Gasteiger partial charge in [0.05, 0.1) is 6.04 Å². The summed E-state index contributed by atoms with van der Waals surface area (Å²) >= 11 is 0. The largest absolute Gasteiger partial charge is 0.480 e. The molecule has 1 aliphatic rings. The second-order valence-electron chi connectivity index (χ2n) is 5.23. The fourth-order valence-electron chi connectivity index (χ4n) is 2.41. The third kappa shape index (κ3) is 3.17. The Balaban J connectivity index is 1.99. The van der Waals surface area contributed by atoms with Crippen LogP contribution in [0, 0.1) is 0 Å². The summed E-state index contributed by atoms with van der Waals surface area (Å²) in [7, 11) is 0. The van der Waals surface area contributed by atoms with Crippen LogP contribution >= 0.6 is 0 Å². The van der Waals surface area contributed by atoms with E-state index in [2.05, 4.69) is 22.3 Å². The normalized spacial score (nSPS) is 17.9. The van der Waals surface area contributed by atoms with Gasteiger partial charge in [0, 0.05) is 13.1 Å².